The summed E-state index contributed by atoms with van der Waals surface area (Å²) in [6.07, 6.45) is 4.21. The Morgan fingerprint density at radius 3 is 2.47 bits per heavy atom. The fraction of sp³-hybridized carbons (Fsp3) is 0.375. The first-order valence-corrected chi connectivity index (χ1v) is 11.4. The van der Waals surface area contributed by atoms with Crippen molar-refractivity contribution in [2.24, 2.45) is 0 Å². The summed E-state index contributed by atoms with van der Waals surface area (Å²) in [5.41, 5.74) is 3.60. The highest BCUT2D eigenvalue weighted by Crippen LogP contribution is 2.33. The number of hydrogen-bond donors (Lipinski definition) is 1. The summed E-state index contributed by atoms with van der Waals surface area (Å²) in [5, 5.41) is 3.95. The number of anilines is 1. The third kappa shape index (κ3) is 4.01. The van der Waals surface area contributed by atoms with Gasteiger partial charge in [0.15, 0.2) is 5.16 Å². The van der Waals surface area contributed by atoms with Gasteiger partial charge in [-0.3, -0.25) is 14.2 Å². The first-order chi connectivity index (χ1) is 14.5. The fourth-order valence-corrected chi connectivity index (χ4v) is 5.12. The second-order valence-corrected chi connectivity index (χ2v) is 9.35. The van der Waals surface area contributed by atoms with Crippen LogP contribution in [0.25, 0.3) is 10.9 Å². The Bertz CT molecular complexity index is 1130. The molecule has 1 atom stereocenters. The minimum atomic E-state index is -0.385. The molecule has 0 saturated heterocycles. The highest BCUT2D eigenvalue weighted by Gasteiger charge is 2.26. The number of aromatic nitrogens is 2. The summed E-state index contributed by atoms with van der Waals surface area (Å²) in [7, 11) is 0. The molecule has 1 aliphatic rings. The zero-order valence-corrected chi connectivity index (χ0v) is 18.5. The summed E-state index contributed by atoms with van der Waals surface area (Å²) in [4.78, 5) is 31.0. The standard InChI is InChI=1S/C24H27N3O2S/c1-15-9-8-10-16(2)21(15)26-22(28)17(3)30-24-25-20-14-7-6-13-19(20)23(29)27(24)18-11-4-5-12-18/h6-10,13-14,17-18H,4-5,11-12H2,1-3H3,(H,26,28)/t17-/m1/s1. The van der Waals surface area contributed by atoms with E-state index in [0.29, 0.717) is 16.1 Å². The molecule has 0 unspecified atom stereocenters. The number of aryl methyl sites for hydroxylation is 2. The van der Waals surface area contributed by atoms with E-state index in [0.717, 1.165) is 42.5 Å². The van der Waals surface area contributed by atoms with Crippen LogP contribution in [-0.4, -0.2) is 20.7 Å². The van der Waals surface area contributed by atoms with Crippen molar-refractivity contribution in [3.8, 4) is 0 Å². The second-order valence-electron chi connectivity index (χ2n) is 8.04. The minimum Gasteiger partial charge on any atom is -0.325 e. The predicted molar refractivity (Wildman–Crippen MR) is 123 cm³/mol. The van der Waals surface area contributed by atoms with Gasteiger partial charge in [-0.2, -0.15) is 0 Å². The Morgan fingerprint density at radius 1 is 1.10 bits per heavy atom. The molecule has 1 saturated carbocycles. The fourth-order valence-electron chi connectivity index (χ4n) is 4.14. The molecule has 1 aliphatic carbocycles. The van der Waals surface area contributed by atoms with Crippen LogP contribution in [0.15, 0.2) is 52.4 Å². The van der Waals surface area contributed by atoms with Crippen molar-refractivity contribution in [3.63, 3.8) is 0 Å². The summed E-state index contributed by atoms with van der Waals surface area (Å²) in [6.45, 7) is 5.85. The lowest BCUT2D eigenvalue weighted by Crippen LogP contribution is -2.29. The maximum atomic E-state index is 13.3. The number of hydrogen-bond acceptors (Lipinski definition) is 4. The normalized spacial score (nSPS) is 15.4. The summed E-state index contributed by atoms with van der Waals surface area (Å²) in [5.74, 6) is -0.0854. The Hall–Kier alpha value is -2.60. The molecule has 1 heterocycles. The summed E-state index contributed by atoms with van der Waals surface area (Å²) >= 11 is 1.36. The molecule has 1 aromatic heterocycles. The molecule has 5 nitrogen and oxygen atoms in total. The van der Waals surface area contributed by atoms with Crippen molar-refractivity contribution in [1.82, 2.24) is 9.55 Å². The number of nitrogens with zero attached hydrogens (tertiary/aromatic N) is 2. The van der Waals surface area contributed by atoms with E-state index in [4.69, 9.17) is 4.98 Å². The molecular weight excluding hydrogens is 394 g/mol. The molecule has 156 valence electrons. The minimum absolute atomic E-state index is 0.00245. The summed E-state index contributed by atoms with van der Waals surface area (Å²) < 4.78 is 1.84. The van der Waals surface area contributed by atoms with Gasteiger partial charge in [-0.1, -0.05) is 54.9 Å². The number of rotatable bonds is 5. The van der Waals surface area contributed by atoms with Crippen LogP contribution in [0.4, 0.5) is 5.69 Å². The molecule has 3 aromatic rings. The Balaban J connectivity index is 1.66. The average molecular weight is 422 g/mol. The van der Waals surface area contributed by atoms with Gasteiger partial charge in [0.1, 0.15) is 0 Å². The molecule has 30 heavy (non-hydrogen) atoms. The molecule has 4 rings (SSSR count). The van der Waals surface area contributed by atoms with Crippen molar-refractivity contribution in [3.05, 3.63) is 63.9 Å². The molecule has 0 radical (unpaired) electrons. The highest BCUT2D eigenvalue weighted by atomic mass is 32.2. The molecular formula is C24H27N3O2S. The Kier molecular flexibility index (Phi) is 5.95. The number of para-hydroxylation sites is 2. The second kappa shape index (κ2) is 8.64. The molecule has 0 spiro atoms. The van der Waals surface area contributed by atoms with E-state index in [9.17, 15) is 9.59 Å². The van der Waals surface area contributed by atoms with Crippen LogP contribution in [0.5, 0.6) is 0 Å². The van der Waals surface area contributed by atoms with E-state index in [2.05, 4.69) is 5.32 Å². The molecule has 2 aromatic carbocycles. The first kappa shape index (κ1) is 20.7. The number of carbonyl (C=O) groups excluding carboxylic acids is 1. The molecule has 1 fully saturated rings. The zero-order valence-electron chi connectivity index (χ0n) is 17.6. The number of amides is 1. The number of fused-ring (bicyclic) bond motifs is 1. The lowest BCUT2D eigenvalue weighted by atomic mass is 10.1. The monoisotopic (exact) mass is 421 g/mol. The maximum Gasteiger partial charge on any atom is 0.262 e. The highest BCUT2D eigenvalue weighted by molar-refractivity contribution is 8.00. The predicted octanol–water partition coefficient (Wildman–Crippen LogP) is 5.25. The Morgan fingerprint density at radius 2 is 1.77 bits per heavy atom. The topological polar surface area (TPSA) is 64.0 Å². The van der Waals surface area contributed by atoms with Crippen molar-refractivity contribution in [2.75, 3.05) is 5.32 Å². The van der Waals surface area contributed by atoms with Gasteiger partial charge < -0.3 is 5.32 Å². The van der Waals surface area contributed by atoms with Crippen LogP contribution in [0.1, 0.15) is 49.8 Å². The maximum absolute atomic E-state index is 13.3. The third-order valence-corrected chi connectivity index (χ3v) is 6.91. The van der Waals surface area contributed by atoms with Crippen LogP contribution in [-0.2, 0) is 4.79 Å². The van der Waals surface area contributed by atoms with Gasteiger partial charge in [0, 0.05) is 11.7 Å². The summed E-state index contributed by atoms with van der Waals surface area (Å²) in [6, 6.07) is 13.6. The lowest BCUT2D eigenvalue weighted by Gasteiger charge is -2.21. The van der Waals surface area contributed by atoms with E-state index in [1.165, 1.54) is 11.8 Å². The van der Waals surface area contributed by atoms with Crippen LogP contribution in [0.3, 0.4) is 0 Å². The number of nitrogens with one attached hydrogen (secondary N) is 1. The van der Waals surface area contributed by atoms with Crippen molar-refractivity contribution < 1.29 is 4.79 Å². The van der Waals surface area contributed by atoms with Crippen LogP contribution in [0.2, 0.25) is 0 Å². The van der Waals surface area contributed by atoms with E-state index >= 15 is 0 Å². The molecule has 1 N–H and O–H groups in total. The quantitative estimate of drug-likeness (QED) is 0.451. The Labute approximate surface area is 180 Å². The van der Waals surface area contributed by atoms with Gasteiger partial charge in [-0.25, -0.2) is 4.98 Å². The third-order valence-electron chi connectivity index (χ3n) is 5.85. The molecule has 0 bridgehead atoms. The zero-order chi connectivity index (χ0) is 21.3. The number of carbonyl (C=O) groups is 1. The van der Waals surface area contributed by atoms with Crippen LogP contribution in [0, 0.1) is 13.8 Å². The largest absolute Gasteiger partial charge is 0.325 e. The van der Waals surface area contributed by atoms with Gasteiger partial charge in [-0.15, -0.1) is 0 Å². The van der Waals surface area contributed by atoms with Gasteiger partial charge in [0.25, 0.3) is 5.56 Å². The van der Waals surface area contributed by atoms with Gasteiger partial charge in [0.05, 0.1) is 16.2 Å². The van der Waals surface area contributed by atoms with Crippen molar-refractivity contribution >= 4 is 34.3 Å². The smallest absolute Gasteiger partial charge is 0.262 e. The van der Waals surface area contributed by atoms with Gasteiger partial charge >= 0.3 is 0 Å². The van der Waals surface area contributed by atoms with E-state index < -0.39 is 0 Å². The SMILES string of the molecule is Cc1cccc(C)c1NC(=O)[C@@H](C)Sc1nc2ccccc2c(=O)n1C1CCCC1. The molecule has 6 heteroatoms. The lowest BCUT2D eigenvalue weighted by molar-refractivity contribution is -0.115. The average Bonchev–Trinajstić information content (AvgIpc) is 3.25. The van der Waals surface area contributed by atoms with Crippen molar-refractivity contribution in [2.45, 2.75) is 62.9 Å². The van der Waals surface area contributed by atoms with Crippen LogP contribution >= 0.6 is 11.8 Å². The van der Waals surface area contributed by atoms with Crippen molar-refractivity contribution in [1.29, 1.82) is 0 Å². The molecule has 1 amide bonds. The first-order valence-electron chi connectivity index (χ1n) is 10.5. The molecule has 0 aliphatic heterocycles. The van der Waals surface area contributed by atoms with E-state index in [-0.39, 0.29) is 22.8 Å². The number of thioether (sulfide) groups is 1. The van der Waals surface area contributed by atoms with E-state index in [1.807, 2.05) is 67.8 Å². The van der Waals surface area contributed by atoms with E-state index in [1.54, 1.807) is 0 Å². The van der Waals surface area contributed by atoms with Gasteiger partial charge in [0.2, 0.25) is 5.91 Å². The van der Waals surface area contributed by atoms with Crippen LogP contribution < -0.4 is 10.9 Å². The van der Waals surface area contributed by atoms with Gasteiger partial charge in [-0.05, 0) is 56.9 Å². The number of benzene rings is 2.